The van der Waals surface area contributed by atoms with Gasteiger partial charge in [-0.15, -0.1) is 0 Å². The van der Waals surface area contributed by atoms with Gasteiger partial charge in [-0.2, -0.15) is 0 Å². The third-order valence-electron chi connectivity index (χ3n) is 9.18. The molecule has 43 heavy (non-hydrogen) atoms. The van der Waals surface area contributed by atoms with Crippen LogP contribution in [0.2, 0.25) is 0 Å². The molecule has 0 aromatic heterocycles. The number of hydrogen-bond donors (Lipinski definition) is 4. The van der Waals surface area contributed by atoms with Gasteiger partial charge in [0.1, 0.15) is 23.7 Å². The van der Waals surface area contributed by atoms with Gasteiger partial charge in [-0.25, -0.2) is 0 Å². The topological polar surface area (TPSA) is 164 Å². The lowest BCUT2D eigenvalue weighted by Crippen LogP contribution is -2.60. The van der Waals surface area contributed by atoms with Crippen LogP contribution in [0.15, 0.2) is 0 Å². The number of cyclic esters (lactones) is 1. The highest BCUT2D eigenvalue weighted by molar-refractivity contribution is 6.00. The number of Topliss-reactive ketones (excluding diaryl/α,β-unsaturated/α-hetero) is 1. The molecule has 12 heteroatoms. The maximum Gasteiger partial charge on any atom is 0.316 e. The Balaban J connectivity index is 2.63. The first-order valence-corrected chi connectivity index (χ1v) is 15.6. The van der Waals surface area contributed by atoms with Crippen LogP contribution in [-0.2, 0) is 33.3 Å². The Kier molecular flexibility index (Phi) is 13.2. The molecule has 2 aliphatic heterocycles. The Morgan fingerprint density at radius 2 is 1.63 bits per heavy atom. The van der Waals surface area contributed by atoms with Crippen molar-refractivity contribution in [1.29, 1.82) is 0 Å². The molecule has 250 valence electrons. The second-order valence-corrected chi connectivity index (χ2v) is 13.2. The van der Waals surface area contributed by atoms with E-state index in [0.29, 0.717) is 6.42 Å². The molecule has 4 N–H and O–H groups in total. The highest BCUT2D eigenvalue weighted by Crippen LogP contribution is 2.36. The van der Waals surface area contributed by atoms with Crippen LogP contribution in [0.5, 0.6) is 0 Å². The summed E-state index contributed by atoms with van der Waals surface area (Å²) in [5.41, 5.74) is -3.17. The van der Waals surface area contributed by atoms with Crippen LogP contribution in [0.25, 0.3) is 0 Å². The molecular formula is C31H56N2O10. The zero-order valence-electron chi connectivity index (χ0n) is 27.8. The molecule has 2 aliphatic rings. The molecule has 0 spiro atoms. The lowest BCUT2D eigenvalue weighted by molar-refractivity contribution is -0.297. The Labute approximate surface area is 256 Å². The van der Waals surface area contributed by atoms with Crippen molar-refractivity contribution < 1.29 is 48.7 Å². The SMILES string of the molecule is CCO[C@]1(C)C[C@@H](C)NC(=O)[C@H](C)[C@@H](O)[C@](C)(O)[C@@H](CC)OC(=O)[C@H](C)C(=O)[C@H](C)[C@H]1O[C@@H]1O[C@H](C)C[C@H](N(C)C)[C@H]1O. The zero-order chi connectivity index (χ0) is 33.0. The average Bonchev–Trinajstić information content (AvgIpc) is 2.92. The van der Waals surface area contributed by atoms with E-state index in [1.807, 2.05) is 25.9 Å². The number of carbonyl (C=O) groups excluding carboxylic acids is 3. The van der Waals surface area contributed by atoms with E-state index in [-0.39, 0.29) is 31.6 Å². The number of aliphatic hydroxyl groups is 3. The number of rotatable bonds is 6. The fourth-order valence-electron chi connectivity index (χ4n) is 6.57. The highest BCUT2D eigenvalue weighted by Gasteiger charge is 2.51. The molecule has 0 aromatic carbocycles. The maximum absolute atomic E-state index is 13.9. The molecule has 0 saturated carbocycles. The summed E-state index contributed by atoms with van der Waals surface area (Å²) in [6.45, 7) is 15.0. The second-order valence-electron chi connectivity index (χ2n) is 13.2. The van der Waals surface area contributed by atoms with Gasteiger partial charge < -0.3 is 44.5 Å². The van der Waals surface area contributed by atoms with Crippen molar-refractivity contribution in [2.24, 2.45) is 17.8 Å². The molecule has 2 rings (SSSR count). The van der Waals surface area contributed by atoms with E-state index in [1.54, 1.807) is 34.6 Å². The Bertz CT molecular complexity index is 961. The van der Waals surface area contributed by atoms with Gasteiger partial charge in [0.05, 0.1) is 29.8 Å². The quantitative estimate of drug-likeness (QED) is 0.252. The molecule has 2 saturated heterocycles. The first-order valence-electron chi connectivity index (χ1n) is 15.6. The van der Waals surface area contributed by atoms with E-state index < -0.39 is 83.4 Å². The second kappa shape index (κ2) is 15.1. The number of nitrogens with zero attached hydrogens (tertiary/aromatic N) is 1. The molecule has 13 atom stereocenters. The molecule has 2 fully saturated rings. The Morgan fingerprint density at radius 3 is 2.16 bits per heavy atom. The average molecular weight is 617 g/mol. The molecule has 0 aliphatic carbocycles. The van der Waals surface area contributed by atoms with Gasteiger partial charge in [0.25, 0.3) is 0 Å². The number of ether oxygens (including phenoxy) is 4. The van der Waals surface area contributed by atoms with E-state index in [0.717, 1.165) is 0 Å². The number of ketones is 1. The molecule has 2 heterocycles. The van der Waals surface area contributed by atoms with E-state index in [2.05, 4.69) is 5.32 Å². The minimum Gasteiger partial charge on any atom is -0.459 e. The minimum atomic E-state index is -1.97. The Morgan fingerprint density at radius 1 is 1.02 bits per heavy atom. The number of esters is 1. The number of carbonyl (C=O) groups is 3. The lowest BCUT2D eigenvalue weighted by Gasteiger charge is -2.47. The van der Waals surface area contributed by atoms with Crippen LogP contribution in [0.4, 0.5) is 0 Å². The summed E-state index contributed by atoms with van der Waals surface area (Å²) in [7, 11) is 3.72. The van der Waals surface area contributed by atoms with Crippen LogP contribution in [0.3, 0.4) is 0 Å². The summed E-state index contributed by atoms with van der Waals surface area (Å²) in [6.07, 6.45) is -5.26. The first-order chi connectivity index (χ1) is 19.8. The van der Waals surface area contributed by atoms with E-state index in [4.69, 9.17) is 18.9 Å². The number of hydrogen-bond acceptors (Lipinski definition) is 11. The Hall–Kier alpha value is -1.67. The molecular weight excluding hydrogens is 560 g/mol. The van der Waals surface area contributed by atoms with Crippen LogP contribution < -0.4 is 5.32 Å². The summed E-state index contributed by atoms with van der Waals surface area (Å²) in [5.74, 6) is -5.13. The van der Waals surface area contributed by atoms with Gasteiger partial charge in [-0.1, -0.05) is 20.8 Å². The summed E-state index contributed by atoms with van der Waals surface area (Å²) in [6, 6.07) is -0.788. The largest absolute Gasteiger partial charge is 0.459 e. The van der Waals surface area contributed by atoms with Gasteiger partial charge in [-0.3, -0.25) is 14.4 Å². The molecule has 0 bridgehead atoms. The summed E-state index contributed by atoms with van der Waals surface area (Å²) in [5, 5.41) is 36.4. The molecule has 1 amide bonds. The van der Waals surface area contributed by atoms with E-state index >= 15 is 0 Å². The van der Waals surface area contributed by atoms with Gasteiger partial charge >= 0.3 is 5.97 Å². The van der Waals surface area contributed by atoms with Gasteiger partial charge in [-0.05, 0) is 74.9 Å². The van der Waals surface area contributed by atoms with Crippen molar-refractivity contribution in [2.45, 2.75) is 142 Å². The van der Waals surface area contributed by atoms with E-state index in [1.165, 1.54) is 20.8 Å². The highest BCUT2D eigenvalue weighted by atomic mass is 16.7. The summed E-state index contributed by atoms with van der Waals surface area (Å²) < 4.78 is 24.4. The maximum atomic E-state index is 13.9. The molecule has 12 nitrogen and oxygen atoms in total. The minimum absolute atomic E-state index is 0.132. The van der Waals surface area contributed by atoms with Crippen molar-refractivity contribution in [3.05, 3.63) is 0 Å². The van der Waals surface area contributed by atoms with Crippen LogP contribution in [0.1, 0.15) is 81.6 Å². The molecule has 0 unspecified atom stereocenters. The van der Waals surface area contributed by atoms with Crippen molar-refractivity contribution in [1.82, 2.24) is 10.2 Å². The summed E-state index contributed by atoms with van der Waals surface area (Å²) in [4.78, 5) is 42.4. The van der Waals surface area contributed by atoms with Gasteiger partial charge in [0, 0.05) is 24.6 Å². The first kappa shape index (κ1) is 37.5. The number of aliphatic hydroxyl groups excluding tert-OH is 2. The molecule has 0 radical (unpaired) electrons. The monoisotopic (exact) mass is 616 g/mol. The number of nitrogens with one attached hydrogen (secondary N) is 1. The summed E-state index contributed by atoms with van der Waals surface area (Å²) >= 11 is 0. The van der Waals surface area contributed by atoms with Crippen molar-refractivity contribution in [3.63, 3.8) is 0 Å². The lowest BCUT2D eigenvalue weighted by atomic mass is 9.79. The van der Waals surface area contributed by atoms with Crippen molar-refractivity contribution in [3.8, 4) is 0 Å². The number of amides is 1. The fraction of sp³-hybridized carbons (Fsp3) is 0.903. The normalized spacial score (nSPS) is 44.3. The number of likely N-dealkylation sites (N-methyl/N-ethyl adjacent to an activating group) is 1. The van der Waals surface area contributed by atoms with Crippen molar-refractivity contribution >= 4 is 17.7 Å². The van der Waals surface area contributed by atoms with E-state index in [9.17, 15) is 29.7 Å². The van der Waals surface area contributed by atoms with Crippen LogP contribution >= 0.6 is 0 Å². The van der Waals surface area contributed by atoms with Crippen molar-refractivity contribution in [2.75, 3.05) is 20.7 Å². The van der Waals surface area contributed by atoms with Gasteiger partial charge in [0.15, 0.2) is 12.1 Å². The third kappa shape index (κ3) is 8.53. The molecule has 0 aromatic rings. The van der Waals surface area contributed by atoms with Crippen LogP contribution in [0, 0.1) is 17.8 Å². The van der Waals surface area contributed by atoms with Gasteiger partial charge in [0.2, 0.25) is 5.91 Å². The predicted molar refractivity (Wildman–Crippen MR) is 159 cm³/mol. The smallest absolute Gasteiger partial charge is 0.316 e. The third-order valence-corrected chi connectivity index (χ3v) is 9.18. The zero-order valence-corrected chi connectivity index (χ0v) is 27.8. The predicted octanol–water partition coefficient (Wildman–Crippen LogP) is 1.41. The van der Waals surface area contributed by atoms with Crippen LogP contribution in [-0.4, -0.2) is 119 Å². The fourth-order valence-corrected chi connectivity index (χ4v) is 6.57. The standard InChI is InChI=1S/C31H56N2O10/c1-12-22-31(9,39)25(36)20(7)27(37)32-16(3)15-30(8,40-13-2)26(18(5)23(34)19(6)28(38)42-22)43-29-24(35)21(33(10)11)14-17(4)41-29/h16-22,24-26,29,35-36,39H,12-15H2,1-11H3,(H,32,37)/t16-,17-,18+,19-,20-,21+,22-,24-,25-,26-,29+,30-,31-/m1/s1.